The number of nitrogens with zero attached hydrogens (tertiary/aromatic N) is 2. The van der Waals surface area contributed by atoms with Crippen LogP contribution in [0.2, 0.25) is 0 Å². The van der Waals surface area contributed by atoms with E-state index in [-0.39, 0.29) is 6.61 Å². The van der Waals surface area contributed by atoms with Gasteiger partial charge in [0.05, 0.1) is 18.5 Å². The Hall–Kier alpha value is -1.04. The molecule has 0 saturated carbocycles. The van der Waals surface area contributed by atoms with Gasteiger partial charge in [0.15, 0.2) is 0 Å². The third-order valence-corrected chi connectivity index (χ3v) is 1.35. The smallest absolute Gasteiger partial charge is 0.378 e. The van der Waals surface area contributed by atoms with E-state index in [1.807, 2.05) is 0 Å². The van der Waals surface area contributed by atoms with Crippen LogP contribution in [0.15, 0.2) is 6.20 Å². The third-order valence-electron chi connectivity index (χ3n) is 1.35. The van der Waals surface area contributed by atoms with Gasteiger partial charge in [0.2, 0.25) is 0 Å². The summed E-state index contributed by atoms with van der Waals surface area (Å²) >= 11 is 0. The minimum absolute atomic E-state index is 0.0794. The predicted molar refractivity (Wildman–Crippen MR) is 37.8 cm³/mol. The van der Waals surface area contributed by atoms with Crippen molar-refractivity contribution in [2.24, 2.45) is 0 Å². The van der Waals surface area contributed by atoms with Crippen LogP contribution in [0.25, 0.3) is 0 Å². The summed E-state index contributed by atoms with van der Waals surface area (Å²) in [5.41, 5.74) is 0.292. The summed E-state index contributed by atoms with van der Waals surface area (Å²) in [6, 6.07) is 2.56. The van der Waals surface area contributed by atoms with Crippen molar-refractivity contribution in [2.75, 3.05) is 7.11 Å². The zero-order valence-corrected chi connectivity index (χ0v) is 6.93. The van der Waals surface area contributed by atoms with Gasteiger partial charge in [-0.1, -0.05) is 0 Å². The molecule has 1 aromatic heterocycles. The molecule has 1 rings (SSSR count). The topological polar surface area (TPSA) is 27.1 Å². The van der Waals surface area contributed by atoms with E-state index in [9.17, 15) is 13.2 Å². The number of rotatable bonds is 3. The molecule has 1 aromatic rings. The molecular weight excluding hydrogens is 185 g/mol. The van der Waals surface area contributed by atoms with Gasteiger partial charge < -0.3 is 4.74 Å². The first-order chi connectivity index (χ1) is 6.03. The Kier molecular flexibility index (Phi) is 2.92. The molecule has 0 bridgehead atoms. The fourth-order valence-corrected chi connectivity index (χ4v) is 0.876. The molecular formula is C7H8F3N2O. The average Bonchev–Trinajstić information content (AvgIpc) is 2.34. The molecule has 0 aromatic carbocycles. The number of alkyl halides is 3. The van der Waals surface area contributed by atoms with E-state index in [4.69, 9.17) is 0 Å². The highest BCUT2D eigenvalue weighted by molar-refractivity contribution is 4.96. The molecule has 0 amide bonds. The van der Waals surface area contributed by atoms with Gasteiger partial charge in [-0.05, 0) is 0 Å². The van der Waals surface area contributed by atoms with Crippen molar-refractivity contribution in [1.82, 2.24) is 9.78 Å². The predicted octanol–water partition coefficient (Wildman–Crippen LogP) is 1.39. The Labute approximate surface area is 73.1 Å². The molecule has 0 atom stereocenters. The van der Waals surface area contributed by atoms with Gasteiger partial charge in [0, 0.05) is 13.2 Å². The highest BCUT2D eigenvalue weighted by atomic mass is 19.4. The van der Waals surface area contributed by atoms with Crippen molar-refractivity contribution in [2.45, 2.75) is 19.3 Å². The van der Waals surface area contributed by atoms with E-state index in [0.717, 1.165) is 4.68 Å². The minimum Gasteiger partial charge on any atom is -0.378 e. The molecule has 0 fully saturated rings. The van der Waals surface area contributed by atoms with Crippen LogP contribution in [0.1, 0.15) is 5.69 Å². The first-order valence-corrected chi connectivity index (χ1v) is 3.51. The molecule has 0 spiro atoms. The average molecular weight is 193 g/mol. The molecule has 0 N–H and O–H groups in total. The van der Waals surface area contributed by atoms with Crippen LogP contribution in [0.5, 0.6) is 0 Å². The monoisotopic (exact) mass is 193 g/mol. The standard InChI is InChI=1S/C7H8F3N2O/c1-13-4-6-2-3-11-12(6)5-7(8,9)10/h3H,4-5H2,1H3. The van der Waals surface area contributed by atoms with Crippen LogP contribution in [-0.2, 0) is 17.9 Å². The molecule has 0 aliphatic carbocycles. The summed E-state index contributed by atoms with van der Waals surface area (Å²) in [7, 11) is 1.40. The Morgan fingerprint density at radius 1 is 1.62 bits per heavy atom. The maximum atomic E-state index is 11.9. The van der Waals surface area contributed by atoms with Crippen LogP contribution in [0, 0.1) is 6.07 Å². The van der Waals surface area contributed by atoms with E-state index >= 15 is 0 Å². The van der Waals surface area contributed by atoms with E-state index < -0.39 is 12.7 Å². The van der Waals surface area contributed by atoms with Crippen molar-refractivity contribution >= 4 is 0 Å². The summed E-state index contributed by atoms with van der Waals surface area (Å²) in [4.78, 5) is 0. The molecule has 0 aliphatic heterocycles. The van der Waals surface area contributed by atoms with E-state index in [1.165, 1.54) is 13.3 Å². The Balaban J connectivity index is 2.70. The number of halogens is 3. The lowest BCUT2D eigenvalue weighted by Crippen LogP contribution is -2.20. The Morgan fingerprint density at radius 2 is 2.31 bits per heavy atom. The van der Waals surface area contributed by atoms with Crippen molar-refractivity contribution in [3.63, 3.8) is 0 Å². The maximum Gasteiger partial charge on any atom is 0.408 e. The van der Waals surface area contributed by atoms with Crippen LogP contribution in [-0.4, -0.2) is 23.1 Å². The lowest BCUT2D eigenvalue weighted by molar-refractivity contribution is -0.143. The normalized spacial score (nSPS) is 12.0. The molecule has 1 radical (unpaired) electrons. The molecule has 3 nitrogen and oxygen atoms in total. The van der Waals surface area contributed by atoms with E-state index in [1.54, 1.807) is 0 Å². The Morgan fingerprint density at radius 3 is 2.85 bits per heavy atom. The van der Waals surface area contributed by atoms with Crippen molar-refractivity contribution < 1.29 is 17.9 Å². The minimum atomic E-state index is -4.26. The summed E-state index contributed by atoms with van der Waals surface area (Å²) in [5.74, 6) is 0. The second kappa shape index (κ2) is 3.78. The lowest BCUT2D eigenvalue weighted by Gasteiger charge is -2.09. The quantitative estimate of drug-likeness (QED) is 0.725. The Bertz CT molecular complexity index is 269. The molecule has 1 heterocycles. The molecule has 6 heteroatoms. The van der Waals surface area contributed by atoms with E-state index in [0.29, 0.717) is 5.69 Å². The van der Waals surface area contributed by atoms with Crippen molar-refractivity contribution in [3.8, 4) is 0 Å². The van der Waals surface area contributed by atoms with Crippen molar-refractivity contribution in [1.29, 1.82) is 0 Å². The van der Waals surface area contributed by atoms with Gasteiger partial charge in [0.25, 0.3) is 0 Å². The van der Waals surface area contributed by atoms with Gasteiger partial charge in [-0.3, -0.25) is 4.68 Å². The second-order valence-corrected chi connectivity index (χ2v) is 2.44. The number of ether oxygens (including phenoxy) is 1. The van der Waals surface area contributed by atoms with E-state index in [2.05, 4.69) is 15.9 Å². The number of hydrogen-bond donors (Lipinski definition) is 0. The van der Waals surface area contributed by atoms with Crippen LogP contribution >= 0.6 is 0 Å². The first kappa shape index (κ1) is 10.0. The number of aromatic nitrogens is 2. The number of methoxy groups -OCH3 is 1. The summed E-state index contributed by atoms with van der Waals surface area (Å²) in [6.07, 6.45) is -3.07. The van der Waals surface area contributed by atoms with Crippen molar-refractivity contribution in [3.05, 3.63) is 18.0 Å². The van der Waals surface area contributed by atoms with Crippen LogP contribution in [0.4, 0.5) is 13.2 Å². The van der Waals surface area contributed by atoms with Crippen LogP contribution < -0.4 is 0 Å². The summed E-state index contributed by atoms with van der Waals surface area (Å²) < 4.78 is 41.3. The molecule has 0 saturated heterocycles. The zero-order valence-electron chi connectivity index (χ0n) is 6.93. The fourth-order valence-electron chi connectivity index (χ4n) is 0.876. The summed E-state index contributed by atoms with van der Waals surface area (Å²) in [6.45, 7) is -1.02. The highest BCUT2D eigenvalue weighted by Gasteiger charge is 2.29. The molecule has 73 valence electrons. The molecule has 0 aliphatic rings. The molecule has 13 heavy (non-hydrogen) atoms. The van der Waals surface area contributed by atoms with Gasteiger partial charge >= 0.3 is 6.18 Å². The summed E-state index contributed by atoms with van der Waals surface area (Å²) in [5, 5.41) is 3.48. The maximum absolute atomic E-state index is 11.9. The molecule has 0 unspecified atom stereocenters. The van der Waals surface area contributed by atoms with Gasteiger partial charge in [-0.15, -0.1) is 0 Å². The fraction of sp³-hybridized carbons (Fsp3) is 0.571. The third kappa shape index (κ3) is 3.06. The highest BCUT2D eigenvalue weighted by Crippen LogP contribution is 2.17. The van der Waals surface area contributed by atoms with Gasteiger partial charge in [-0.2, -0.15) is 18.3 Å². The van der Waals surface area contributed by atoms with Gasteiger partial charge in [-0.25, -0.2) is 0 Å². The first-order valence-electron chi connectivity index (χ1n) is 3.51. The number of hydrogen-bond acceptors (Lipinski definition) is 2. The lowest BCUT2D eigenvalue weighted by atomic mass is 10.4. The zero-order chi connectivity index (χ0) is 9.90. The largest absolute Gasteiger partial charge is 0.408 e. The SMILES string of the molecule is COCc1[c]cnn1CC(F)(F)F. The van der Waals surface area contributed by atoms with Gasteiger partial charge in [0.1, 0.15) is 6.54 Å². The second-order valence-electron chi connectivity index (χ2n) is 2.44. The van der Waals surface area contributed by atoms with Crippen LogP contribution in [0.3, 0.4) is 0 Å².